The number of hydrogen-bond acceptors (Lipinski definition) is 8. The van der Waals surface area contributed by atoms with Crippen molar-refractivity contribution in [2.75, 3.05) is 13.2 Å². The Labute approximate surface area is 107 Å². The predicted octanol–water partition coefficient (Wildman–Crippen LogP) is -3.14. The van der Waals surface area contributed by atoms with E-state index in [-0.39, 0.29) is 6.61 Å². The number of ether oxygens (including phenoxy) is 3. The molecule has 2 rings (SSSR count). The Kier molecular flexibility index (Phi) is 4.69. The summed E-state index contributed by atoms with van der Waals surface area (Å²) in [6, 6.07) is 0. The maximum absolute atomic E-state index is 13.1. The van der Waals surface area contributed by atoms with Crippen molar-refractivity contribution < 1.29 is 44.1 Å². The molecule has 19 heavy (non-hydrogen) atoms. The first kappa shape index (κ1) is 15.0. The van der Waals surface area contributed by atoms with Crippen LogP contribution in [0.15, 0.2) is 0 Å². The largest absolute Gasteiger partial charge is 0.394 e. The van der Waals surface area contributed by atoms with Crippen molar-refractivity contribution in [2.24, 2.45) is 0 Å². The Morgan fingerprint density at radius 3 is 2.11 bits per heavy atom. The van der Waals surface area contributed by atoms with E-state index in [1.165, 1.54) is 0 Å². The van der Waals surface area contributed by atoms with Gasteiger partial charge < -0.3 is 39.7 Å². The highest BCUT2D eigenvalue weighted by molar-refractivity contribution is 4.89. The highest BCUT2D eigenvalue weighted by Crippen LogP contribution is 2.26. The summed E-state index contributed by atoms with van der Waals surface area (Å²) in [5.41, 5.74) is 0. The highest BCUT2D eigenvalue weighted by atomic mass is 19.1. The summed E-state index contributed by atoms with van der Waals surface area (Å²) in [5.74, 6) is 0. The molecule has 0 aromatic carbocycles. The van der Waals surface area contributed by atoms with E-state index < -0.39 is 55.9 Å². The van der Waals surface area contributed by atoms with Gasteiger partial charge in [0.05, 0.1) is 13.2 Å². The number of aliphatic hydroxyl groups excluding tert-OH is 5. The minimum absolute atomic E-state index is 0.342. The molecule has 2 unspecified atom stereocenters. The van der Waals surface area contributed by atoms with Gasteiger partial charge in [-0.25, -0.2) is 4.39 Å². The van der Waals surface area contributed by atoms with Crippen LogP contribution >= 0.6 is 0 Å². The molecule has 2 heterocycles. The second-order valence-electron chi connectivity index (χ2n) is 4.54. The molecule has 0 radical (unpaired) electrons. The fourth-order valence-corrected chi connectivity index (χ4v) is 2.04. The molecule has 8 atom stereocenters. The van der Waals surface area contributed by atoms with Crippen molar-refractivity contribution in [1.82, 2.24) is 0 Å². The van der Waals surface area contributed by atoms with Gasteiger partial charge in [-0.15, -0.1) is 0 Å². The normalized spacial score (nSPS) is 50.8. The van der Waals surface area contributed by atoms with Gasteiger partial charge in [0.15, 0.2) is 18.8 Å². The van der Waals surface area contributed by atoms with E-state index in [4.69, 9.17) is 24.4 Å². The van der Waals surface area contributed by atoms with Crippen LogP contribution in [0.1, 0.15) is 0 Å². The van der Waals surface area contributed by atoms with Crippen LogP contribution in [0.3, 0.4) is 0 Å². The average molecular weight is 284 g/mol. The maximum atomic E-state index is 13.1. The second-order valence-corrected chi connectivity index (χ2v) is 4.54. The molecule has 2 aliphatic heterocycles. The molecule has 5 N–H and O–H groups in total. The van der Waals surface area contributed by atoms with Crippen LogP contribution in [0.5, 0.6) is 0 Å². The lowest BCUT2D eigenvalue weighted by molar-refractivity contribution is -0.197. The van der Waals surface area contributed by atoms with E-state index in [9.17, 15) is 19.7 Å². The third kappa shape index (κ3) is 2.88. The fraction of sp³-hybridized carbons (Fsp3) is 1.00. The van der Waals surface area contributed by atoms with E-state index in [1.54, 1.807) is 0 Å². The van der Waals surface area contributed by atoms with Crippen LogP contribution < -0.4 is 0 Å². The van der Waals surface area contributed by atoms with E-state index in [0.29, 0.717) is 0 Å². The molecule has 2 fully saturated rings. The predicted molar refractivity (Wildman–Crippen MR) is 55.5 cm³/mol. The molecule has 0 bridgehead atoms. The summed E-state index contributed by atoms with van der Waals surface area (Å²) in [4.78, 5) is 0. The highest BCUT2D eigenvalue weighted by Gasteiger charge is 2.46. The van der Waals surface area contributed by atoms with Crippen molar-refractivity contribution in [3.05, 3.63) is 0 Å². The van der Waals surface area contributed by atoms with Gasteiger partial charge >= 0.3 is 0 Å². The lowest BCUT2D eigenvalue weighted by Crippen LogP contribution is -2.37. The summed E-state index contributed by atoms with van der Waals surface area (Å²) in [6.45, 7) is -0.836. The lowest BCUT2D eigenvalue weighted by atomic mass is 10.1. The number of halogens is 1. The number of alkyl halides is 1. The SMILES string of the molecule is OC[C@H]1O[C@H](OC[C@H]2O[C@H](O)C(F)[C@H]2O)C(O)[C@H]1O. The van der Waals surface area contributed by atoms with Gasteiger partial charge in [-0.05, 0) is 0 Å². The second kappa shape index (κ2) is 5.94. The van der Waals surface area contributed by atoms with Gasteiger partial charge in [-0.3, -0.25) is 0 Å². The van der Waals surface area contributed by atoms with Crippen LogP contribution in [0.4, 0.5) is 4.39 Å². The van der Waals surface area contributed by atoms with E-state index >= 15 is 0 Å². The standard InChI is InChI=1S/C10H17FO8/c11-5-6(13)4(18-9(5)16)2-17-10-8(15)7(14)3(1-12)19-10/h3-10,12-16H,1-2H2/t3-,4-,5?,6+,7+,8?,9+,10+/m1/s1. The van der Waals surface area contributed by atoms with Gasteiger partial charge in [0, 0.05) is 0 Å². The minimum Gasteiger partial charge on any atom is -0.394 e. The summed E-state index contributed by atoms with van der Waals surface area (Å²) in [7, 11) is 0. The molecular weight excluding hydrogens is 267 g/mol. The van der Waals surface area contributed by atoms with Crippen molar-refractivity contribution in [3.8, 4) is 0 Å². The molecule has 8 nitrogen and oxygen atoms in total. The summed E-state index contributed by atoms with van der Waals surface area (Å²) >= 11 is 0. The first-order valence-electron chi connectivity index (χ1n) is 5.85. The Bertz CT molecular complexity index is 305. The van der Waals surface area contributed by atoms with Gasteiger partial charge in [-0.1, -0.05) is 0 Å². The lowest BCUT2D eigenvalue weighted by Gasteiger charge is -2.19. The third-order valence-electron chi connectivity index (χ3n) is 3.22. The van der Waals surface area contributed by atoms with Crippen LogP contribution in [0.25, 0.3) is 0 Å². The summed E-state index contributed by atoms with van der Waals surface area (Å²) in [5, 5.41) is 46.3. The molecule has 9 heteroatoms. The number of aliphatic hydroxyl groups is 5. The van der Waals surface area contributed by atoms with Gasteiger partial charge in [0.25, 0.3) is 0 Å². The molecule has 112 valence electrons. The van der Waals surface area contributed by atoms with Crippen molar-refractivity contribution in [1.29, 1.82) is 0 Å². The van der Waals surface area contributed by atoms with Crippen LogP contribution in [-0.4, -0.2) is 88.0 Å². The molecule has 0 aromatic heterocycles. The third-order valence-corrected chi connectivity index (χ3v) is 3.22. The maximum Gasteiger partial charge on any atom is 0.189 e. The fourth-order valence-electron chi connectivity index (χ4n) is 2.04. The Balaban J connectivity index is 1.83. The van der Waals surface area contributed by atoms with Gasteiger partial charge in [0.2, 0.25) is 0 Å². The first-order valence-corrected chi connectivity index (χ1v) is 5.85. The van der Waals surface area contributed by atoms with E-state index in [0.717, 1.165) is 0 Å². The zero-order valence-corrected chi connectivity index (χ0v) is 9.87. The molecule has 0 amide bonds. The molecule has 0 spiro atoms. The van der Waals surface area contributed by atoms with Crippen LogP contribution in [0, 0.1) is 0 Å². The Morgan fingerprint density at radius 2 is 1.63 bits per heavy atom. The molecule has 0 saturated carbocycles. The summed E-state index contributed by atoms with van der Waals surface area (Å²) < 4.78 is 27.9. The van der Waals surface area contributed by atoms with Crippen LogP contribution in [-0.2, 0) is 14.2 Å². The molecule has 0 aliphatic carbocycles. The van der Waals surface area contributed by atoms with Crippen molar-refractivity contribution >= 4 is 0 Å². The molecule has 2 saturated heterocycles. The average Bonchev–Trinajstić information content (AvgIpc) is 2.81. The van der Waals surface area contributed by atoms with Crippen LogP contribution in [0.2, 0.25) is 0 Å². The quantitative estimate of drug-likeness (QED) is 0.366. The van der Waals surface area contributed by atoms with Crippen molar-refractivity contribution in [2.45, 2.75) is 49.3 Å². The number of hydrogen-bond donors (Lipinski definition) is 5. The Morgan fingerprint density at radius 1 is 0.947 bits per heavy atom. The van der Waals surface area contributed by atoms with Gasteiger partial charge in [-0.2, -0.15) is 0 Å². The number of rotatable bonds is 4. The van der Waals surface area contributed by atoms with E-state index in [2.05, 4.69) is 0 Å². The summed E-state index contributed by atoms with van der Waals surface area (Å²) in [6.07, 6.45) is -11.2. The van der Waals surface area contributed by atoms with Gasteiger partial charge in [0.1, 0.15) is 30.5 Å². The Hall–Kier alpha value is -0.390. The topological polar surface area (TPSA) is 129 Å². The minimum atomic E-state index is -1.93. The monoisotopic (exact) mass is 284 g/mol. The zero-order chi connectivity index (χ0) is 14.2. The van der Waals surface area contributed by atoms with E-state index in [1.807, 2.05) is 0 Å². The molecule has 0 aromatic rings. The molecule has 2 aliphatic rings. The zero-order valence-electron chi connectivity index (χ0n) is 9.87. The first-order chi connectivity index (χ1) is 8.95. The molecular formula is C10H17FO8. The van der Waals surface area contributed by atoms with Crippen molar-refractivity contribution in [3.63, 3.8) is 0 Å². The smallest absolute Gasteiger partial charge is 0.189 e.